The lowest BCUT2D eigenvalue weighted by molar-refractivity contribution is -0.144. The Morgan fingerprint density at radius 2 is 1.76 bits per heavy atom. The number of benzene rings is 2. The van der Waals surface area contributed by atoms with Gasteiger partial charge in [-0.15, -0.1) is 0 Å². The Kier molecular flexibility index (Phi) is 7.42. The van der Waals surface area contributed by atoms with Gasteiger partial charge in [-0.3, -0.25) is 35.3 Å². The number of hydrogen-bond acceptors (Lipinski definition) is 7. The van der Waals surface area contributed by atoms with Crippen LogP contribution in [0.25, 0.3) is 0 Å². The molecule has 0 bridgehead atoms. The van der Waals surface area contributed by atoms with E-state index < -0.39 is 11.8 Å². The van der Waals surface area contributed by atoms with Gasteiger partial charge in [0.05, 0.1) is 31.1 Å². The Bertz CT molecular complexity index is 1240. The molecule has 2 fully saturated rings. The maximum absolute atomic E-state index is 13.8. The van der Waals surface area contributed by atoms with Crippen LogP contribution in [0.15, 0.2) is 42.5 Å². The summed E-state index contributed by atoms with van der Waals surface area (Å²) >= 11 is 0. The summed E-state index contributed by atoms with van der Waals surface area (Å²) in [5, 5.41) is 5.72. The number of carbonyl (C=O) groups is 3. The van der Waals surface area contributed by atoms with Gasteiger partial charge in [-0.2, -0.15) is 0 Å². The van der Waals surface area contributed by atoms with Crippen molar-refractivity contribution in [3.05, 3.63) is 59.2 Å². The molecular weight excluding hydrogens is 500 g/mol. The van der Waals surface area contributed by atoms with Crippen LogP contribution >= 0.6 is 0 Å². The quantitative estimate of drug-likeness (QED) is 0.168. The molecule has 3 aliphatic heterocycles. The number of fused-ring (bicyclic) bond motifs is 2. The van der Waals surface area contributed by atoms with Crippen LogP contribution in [0.1, 0.15) is 35.6 Å². The molecule has 0 saturated carbocycles. The van der Waals surface area contributed by atoms with Crippen LogP contribution in [-0.4, -0.2) is 60.4 Å². The maximum Gasteiger partial charge on any atom is 0.305 e. The number of ether oxygens (including phenoxy) is 3. The zero-order valence-corrected chi connectivity index (χ0v) is 21.3. The Labute approximate surface area is 220 Å². The summed E-state index contributed by atoms with van der Waals surface area (Å²) in [7, 11) is 3.23. The van der Waals surface area contributed by atoms with E-state index in [1.165, 1.54) is 12.0 Å². The number of carbonyl (C=O) groups excluding carboxylic acids is 3. The van der Waals surface area contributed by atoms with Crippen LogP contribution in [0.4, 0.5) is 0 Å². The van der Waals surface area contributed by atoms with Gasteiger partial charge in [-0.05, 0) is 48.9 Å². The second-order valence-electron chi connectivity index (χ2n) is 9.37. The van der Waals surface area contributed by atoms with Gasteiger partial charge in [-0.1, -0.05) is 18.2 Å². The number of likely N-dealkylation sites (tertiary alicyclic amines) is 2. The second kappa shape index (κ2) is 10.4. The lowest BCUT2D eigenvalue weighted by Crippen LogP contribution is -3.00. The highest BCUT2D eigenvalue weighted by molar-refractivity contribution is 6.06. The molecule has 4 atom stereocenters. The highest BCUT2D eigenvalue weighted by Gasteiger charge is 2.61. The molecule has 0 aliphatic carbocycles. The number of nitrogens with zero attached hydrogens (tertiary/aromatic N) is 2. The van der Waals surface area contributed by atoms with Crippen molar-refractivity contribution >= 4 is 23.6 Å². The average molecular weight is 529 g/mol. The third-order valence-electron chi connectivity index (χ3n) is 7.44. The molecule has 37 heavy (non-hydrogen) atoms. The maximum atomic E-state index is 13.8. The smallest absolute Gasteiger partial charge is 0.305 e. The van der Waals surface area contributed by atoms with Crippen molar-refractivity contribution in [2.24, 2.45) is 17.6 Å². The van der Waals surface area contributed by atoms with E-state index >= 15 is 0 Å². The summed E-state index contributed by atoms with van der Waals surface area (Å²) in [6, 6.07) is 12.1. The average Bonchev–Trinajstić information content (AvgIpc) is 3.52. The predicted molar refractivity (Wildman–Crippen MR) is 127 cm³/mol. The summed E-state index contributed by atoms with van der Waals surface area (Å²) < 4.78 is 15.6. The molecule has 3 aliphatic rings. The van der Waals surface area contributed by atoms with Crippen molar-refractivity contribution in [2.45, 2.75) is 31.5 Å². The zero-order chi connectivity index (χ0) is 25.6. The van der Waals surface area contributed by atoms with Crippen LogP contribution in [0.2, 0.25) is 0 Å². The Hall–Kier alpha value is -3.63. The number of esters is 1. The lowest BCUT2D eigenvalue weighted by atomic mass is 9.85. The minimum Gasteiger partial charge on any atom is -1.00 e. The van der Waals surface area contributed by atoms with Gasteiger partial charge >= 0.3 is 5.97 Å². The predicted octanol–water partition coefficient (Wildman–Crippen LogP) is -3.01. The molecular formula is C26H29ClN4O6. The zero-order valence-electron chi connectivity index (χ0n) is 20.6. The fourth-order valence-corrected chi connectivity index (χ4v) is 5.67. The minimum atomic E-state index is -0.579. The molecule has 2 aromatic carbocycles. The monoisotopic (exact) mass is 528 g/mol. The molecule has 0 unspecified atom stereocenters. The number of rotatable bonds is 7. The van der Waals surface area contributed by atoms with Crippen molar-refractivity contribution in [3.8, 4) is 11.5 Å². The third kappa shape index (κ3) is 4.62. The molecule has 4 N–H and O–H groups in total. The summed E-state index contributed by atoms with van der Waals surface area (Å²) in [4.78, 5) is 42.7. The lowest BCUT2D eigenvalue weighted by Gasteiger charge is -2.30. The van der Waals surface area contributed by atoms with Gasteiger partial charge in [0.15, 0.2) is 11.5 Å². The Balaban J connectivity index is 0.00000320. The Morgan fingerprint density at radius 1 is 1.08 bits per heavy atom. The normalized spacial score (nSPS) is 24.1. The first-order valence-electron chi connectivity index (χ1n) is 11.8. The number of hydrogen-bond donors (Lipinski definition) is 2. The summed E-state index contributed by atoms with van der Waals surface area (Å²) in [5.41, 5.74) is 8.06. The van der Waals surface area contributed by atoms with Crippen molar-refractivity contribution in [3.63, 3.8) is 0 Å². The number of nitrogens with two attached hydrogens (primary N) is 2. The topological polar surface area (TPSA) is 137 Å². The van der Waals surface area contributed by atoms with Crippen molar-refractivity contribution in [1.82, 2.24) is 9.80 Å². The summed E-state index contributed by atoms with van der Waals surface area (Å²) in [6.45, 7) is 0.284. The number of methoxy groups -OCH3 is 1. The van der Waals surface area contributed by atoms with Crippen molar-refractivity contribution < 1.29 is 46.4 Å². The van der Waals surface area contributed by atoms with Gasteiger partial charge in [0, 0.05) is 18.5 Å². The SMILES string of the molecule is COC(=O)CC[C@H]1[C@@H]2C(=O)N(Cc3ccc4c(c3)OCO4)C(=O)[C@@H]2[C@H](c2ccc(C(N)=[NH2+])cc2)N1C.[Cl-]. The molecule has 0 radical (unpaired) electrons. The van der Waals surface area contributed by atoms with Gasteiger partial charge in [0.25, 0.3) is 5.84 Å². The van der Waals surface area contributed by atoms with E-state index in [0.29, 0.717) is 23.5 Å². The molecule has 3 heterocycles. The second-order valence-corrected chi connectivity index (χ2v) is 9.37. The first-order chi connectivity index (χ1) is 17.3. The summed E-state index contributed by atoms with van der Waals surface area (Å²) in [6.07, 6.45) is 0.558. The van der Waals surface area contributed by atoms with Crippen LogP contribution in [0, 0.1) is 11.8 Å². The molecule has 0 aromatic heterocycles. The molecule has 2 aromatic rings. The molecule has 2 saturated heterocycles. The van der Waals surface area contributed by atoms with Crippen LogP contribution in [-0.2, 0) is 25.7 Å². The largest absolute Gasteiger partial charge is 1.00 e. The first-order valence-corrected chi connectivity index (χ1v) is 11.8. The van der Waals surface area contributed by atoms with Gasteiger partial charge in [0.2, 0.25) is 18.6 Å². The first kappa shape index (κ1) is 26.4. The van der Waals surface area contributed by atoms with E-state index in [1.54, 1.807) is 24.3 Å². The number of imide groups is 1. The van der Waals surface area contributed by atoms with Crippen LogP contribution in [0.5, 0.6) is 11.5 Å². The standard InChI is InChI=1S/C26H28N4O6.ClH/c1-29-17(8-10-20(31)34-2)21-22(23(29)15-4-6-16(7-5-15)24(27)28)26(33)30(25(21)32)12-14-3-9-18-19(11-14)36-13-35-18;/h3-7,9,11,17,21-23H,8,10,12-13H2,1-2H3,(H3,27,28);1H/t17-,21-,22-,23-;/m0./s1. The summed E-state index contributed by atoms with van der Waals surface area (Å²) in [5.74, 6) is -0.527. The van der Waals surface area contributed by atoms with E-state index in [-0.39, 0.29) is 67.9 Å². The fraction of sp³-hybridized carbons (Fsp3) is 0.385. The number of amidine groups is 1. The number of amides is 2. The van der Waals surface area contributed by atoms with Gasteiger partial charge < -0.3 is 26.6 Å². The van der Waals surface area contributed by atoms with E-state index in [4.69, 9.17) is 25.4 Å². The molecule has 5 rings (SSSR count). The van der Waals surface area contributed by atoms with Crippen LogP contribution < -0.4 is 33.0 Å². The van der Waals surface area contributed by atoms with Crippen LogP contribution in [0.3, 0.4) is 0 Å². The number of halogens is 1. The molecule has 196 valence electrons. The van der Waals surface area contributed by atoms with E-state index in [9.17, 15) is 14.4 Å². The third-order valence-corrected chi connectivity index (χ3v) is 7.44. The van der Waals surface area contributed by atoms with Crippen molar-refractivity contribution in [2.75, 3.05) is 21.0 Å². The minimum absolute atomic E-state index is 0. The highest BCUT2D eigenvalue weighted by atomic mass is 35.5. The molecule has 2 amide bonds. The highest BCUT2D eigenvalue weighted by Crippen LogP contribution is 2.50. The Morgan fingerprint density at radius 3 is 2.43 bits per heavy atom. The molecule has 11 heteroatoms. The molecule has 10 nitrogen and oxygen atoms in total. The fourth-order valence-electron chi connectivity index (χ4n) is 5.67. The van der Waals surface area contributed by atoms with Gasteiger partial charge in [-0.25, -0.2) is 0 Å². The van der Waals surface area contributed by atoms with E-state index in [2.05, 4.69) is 0 Å². The van der Waals surface area contributed by atoms with Gasteiger partial charge in [0.1, 0.15) is 0 Å². The molecule has 0 spiro atoms. The van der Waals surface area contributed by atoms with E-state index in [0.717, 1.165) is 11.1 Å². The van der Waals surface area contributed by atoms with E-state index in [1.807, 2.05) is 30.1 Å². The van der Waals surface area contributed by atoms with Crippen molar-refractivity contribution in [1.29, 1.82) is 0 Å².